The largest absolute Gasteiger partial charge is 0.392 e. The average molecular weight is 154 g/mol. The molecule has 0 amide bonds. The molecular weight excluding hydrogens is 140 g/mol. The van der Waals surface area contributed by atoms with Crippen molar-refractivity contribution in [1.29, 1.82) is 0 Å². The lowest BCUT2D eigenvalue weighted by Crippen LogP contribution is -2.14. The zero-order valence-electron chi connectivity index (χ0n) is 6.68. The molecule has 0 bridgehead atoms. The third-order valence-corrected chi connectivity index (χ3v) is 2.65. The minimum Gasteiger partial charge on any atom is -0.392 e. The normalized spacial score (nSPS) is 30.8. The van der Waals surface area contributed by atoms with E-state index in [4.69, 9.17) is 9.84 Å². The molecule has 2 heteroatoms. The number of hydrogen-bond donors (Lipinski definition) is 1. The Labute approximate surface area is 66.9 Å². The predicted molar refractivity (Wildman–Crippen MR) is 42.3 cm³/mol. The highest BCUT2D eigenvalue weighted by Crippen LogP contribution is 2.33. The Kier molecular flexibility index (Phi) is 1.96. The van der Waals surface area contributed by atoms with Crippen LogP contribution in [0.1, 0.15) is 25.7 Å². The first-order valence-electron chi connectivity index (χ1n) is 4.35. The average Bonchev–Trinajstić information content (AvgIpc) is 2.47. The second kappa shape index (κ2) is 2.95. The van der Waals surface area contributed by atoms with Crippen LogP contribution in [0.15, 0.2) is 11.1 Å². The Bertz CT molecular complexity index is 184. The van der Waals surface area contributed by atoms with Crippen LogP contribution in [0.5, 0.6) is 0 Å². The van der Waals surface area contributed by atoms with Crippen LogP contribution in [0.4, 0.5) is 0 Å². The van der Waals surface area contributed by atoms with Crippen molar-refractivity contribution < 1.29 is 9.84 Å². The van der Waals surface area contributed by atoms with Crippen LogP contribution in [-0.2, 0) is 4.74 Å². The maximum absolute atomic E-state index is 8.97. The van der Waals surface area contributed by atoms with Crippen LogP contribution >= 0.6 is 0 Å². The van der Waals surface area contributed by atoms with E-state index in [0.29, 0.717) is 12.7 Å². The van der Waals surface area contributed by atoms with E-state index in [-0.39, 0.29) is 6.61 Å². The molecule has 1 fully saturated rings. The molecule has 0 aromatic heterocycles. The van der Waals surface area contributed by atoms with Crippen LogP contribution in [-0.4, -0.2) is 24.4 Å². The number of hydrogen-bond acceptors (Lipinski definition) is 2. The lowest BCUT2D eigenvalue weighted by molar-refractivity contribution is 0.0997. The van der Waals surface area contributed by atoms with Gasteiger partial charge in [0.1, 0.15) is 0 Å². The molecule has 0 saturated heterocycles. The van der Waals surface area contributed by atoms with Gasteiger partial charge in [0, 0.05) is 0 Å². The number of rotatable bonds is 1. The summed E-state index contributed by atoms with van der Waals surface area (Å²) in [4.78, 5) is 0. The van der Waals surface area contributed by atoms with Crippen molar-refractivity contribution in [2.75, 3.05) is 13.2 Å². The third-order valence-electron chi connectivity index (χ3n) is 2.65. The Hall–Kier alpha value is -0.340. The SMILES string of the molecule is OCC1=C2CCCCC2OC1. The summed E-state index contributed by atoms with van der Waals surface area (Å²) in [6.45, 7) is 0.877. The van der Waals surface area contributed by atoms with Crippen LogP contribution in [0.25, 0.3) is 0 Å². The fourth-order valence-corrected chi connectivity index (χ4v) is 2.01. The van der Waals surface area contributed by atoms with Crippen molar-refractivity contribution in [3.05, 3.63) is 11.1 Å². The fourth-order valence-electron chi connectivity index (χ4n) is 2.01. The minimum absolute atomic E-state index is 0.200. The quantitative estimate of drug-likeness (QED) is 0.576. The Morgan fingerprint density at radius 3 is 3.18 bits per heavy atom. The zero-order chi connectivity index (χ0) is 7.68. The van der Waals surface area contributed by atoms with Crippen LogP contribution in [0.2, 0.25) is 0 Å². The summed E-state index contributed by atoms with van der Waals surface area (Å²) in [6.07, 6.45) is 5.25. The van der Waals surface area contributed by atoms with Gasteiger partial charge in [0.15, 0.2) is 0 Å². The highest BCUT2D eigenvalue weighted by atomic mass is 16.5. The molecule has 0 aromatic rings. The highest BCUT2D eigenvalue weighted by Gasteiger charge is 2.27. The number of fused-ring (bicyclic) bond motifs is 1. The first-order chi connectivity index (χ1) is 5.42. The van der Waals surface area contributed by atoms with Gasteiger partial charge in [0.25, 0.3) is 0 Å². The van der Waals surface area contributed by atoms with Gasteiger partial charge >= 0.3 is 0 Å². The van der Waals surface area contributed by atoms with Gasteiger partial charge in [-0.15, -0.1) is 0 Å². The molecule has 62 valence electrons. The van der Waals surface area contributed by atoms with E-state index < -0.39 is 0 Å². The van der Waals surface area contributed by atoms with Crippen molar-refractivity contribution in [3.63, 3.8) is 0 Å². The summed E-state index contributed by atoms with van der Waals surface area (Å²) >= 11 is 0. The molecule has 1 saturated carbocycles. The van der Waals surface area contributed by atoms with Crippen molar-refractivity contribution in [3.8, 4) is 0 Å². The standard InChI is InChI=1S/C9H14O2/c10-5-7-6-11-9-4-2-1-3-8(7)9/h9-10H,1-6H2. The summed E-state index contributed by atoms with van der Waals surface area (Å²) in [5.41, 5.74) is 2.55. The van der Waals surface area contributed by atoms with E-state index >= 15 is 0 Å². The van der Waals surface area contributed by atoms with Gasteiger partial charge in [-0.1, -0.05) is 6.42 Å². The summed E-state index contributed by atoms with van der Waals surface area (Å²) in [5, 5.41) is 8.97. The Morgan fingerprint density at radius 1 is 1.45 bits per heavy atom. The van der Waals surface area contributed by atoms with E-state index in [0.717, 1.165) is 12.0 Å². The first-order valence-corrected chi connectivity index (χ1v) is 4.35. The first kappa shape index (κ1) is 7.32. The molecule has 2 nitrogen and oxygen atoms in total. The van der Waals surface area contributed by atoms with Gasteiger partial charge < -0.3 is 9.84 Å². The molecule has 1 aliphatic heterocycles. The number of aliphatic hydroxyl groups is 1. The molecule has 1 N–H and O–H groups in total. The smallest absolute Gasteiger partial charge is 0.0793 e. The zero-order valence-corrected chi connectivity index (χ0v) is 6.68. The predicted octanol–water partition coefficient (Wildman–Crippen LogP) is 1.25. The summed E-state index contributed by atoms with van der Waals surface area (Å²) < 4.78 is 5.53. The van der Waals surface area contributed by atoms with E-state index in [1.807, 2.05) is 0 Å². The lowest BCUT2D eigenvalue weighted by Gasteiger charge is -2.19. The highest BCUT2D eigenvalue weighted by molar-refractivity contribution is 5.24. The molecular formula is C9H14O2. The van der Waals surface area contributed by atoms with Crippen LogP contribution in [0.3, 0.4) is 0 Å². The third kappa shape index (κ3) is 1.21. The van der Waals surface area contributed by atoms with Gasteiger partial charge in [0.2, 0.25) is 0 Å². The van der Waals surface area contributed by atoms with Crippen molar-refractivity contribution in [2.24, 2.45) is 0 Å². The van der Waals surface area contributed by atoms with Gasteiger partial charge in [-0.25, -0.2) is 0 Å². The fraction of sp³-hybridized carbons (Fsp3) is 0.778. The summed E-state index contributed by atoms with van der Waals surface area (Å²) in [5.74, 6) is 0. The van der Waals surface area contributed by atoms with E-state index in [9.17, 15) is 0 Å². The molecule has 0 aromatic carbocycles. The summed E-state index contributed by atoms with van der Waals surface area (Å²) in [7, 11) is 0. The molecule has 1 heterocycles. The number of aliphatic hydroxyl groups excluding tert-OH is 1. The topological polar surface area (TPSA) is 29.5 Å². The molecule has 0 spiro atoms. The van der Waals surface area contributed by atoms with Gasteiger partial charge in [-0.05, 0) is 30.4 Å². The van der Waals surface area contributed by atoms with E-state index in [2.05, 4.69) is 0 Å². The van der Waals surface area contributed by atoms with Gasteiger partial charge in [-0.3, -0.25) is 0 Å². The van der Waals surface area contributed by atoms with Gasteiger partial charge in [-0.2, -0.15) is 0 Å². The molecule has 1 unspecified atom stereocenters. The van der Waals surface area contributed by atoms with Crippen LogP contribution < -0.4 is 0 Å². The number of ether oxygens (including phenoxy) is 1. The van der Waals surface area contributed by atoms with Crippen LogP contribution in [0, 0.1) is 0 Å². The second-order valence-electron chi connectivity index (χ2n) is 3.33. The Morgan fingerprint density at radius 2 is 2.36 bits per heavy atom. The minimum atomic E-state index is 0.200. The molecule has 1 aliphatic carbocycles. The summed E-state index contributed by atoms with van der Waals surface area (Å²) in [6, 6.07) is 0. The maximum Gasteiger partial charge on any atom is 0.0793 e. The van der Waals surface area contributed by atoms with Crippen molar-refractivity contribution >= 4 is 0 Å². The van der Waals surface area contributed by atoms with E-state index in [1.54, 1.807) is 0 Å². The molecule has 2 rings (SSSR count). The van der Waals surface area contributed by atoms with E-state index in [1.165, 1.54) is 24.8 Å². The monoisotopic (exact) mass is 154 g/mol. The van der Waals surface area contributed by atoms with Crippen molar-refractivity contribution in [1.82, 2.24) is 0 Å². The van der Waals surface area contributed by atoms with Crippen molar-refractivity contribution in [2.45, 2.75) is 31.8 Å². The van der Waals surface area contributed by atoms with Gasteiger partial charge in [0.05, 0.1) is 19.3 Å². The molecule has 1 atom stereocenters. The Balaban J connectivity index is 2.16. The second-order valence-corrected chi connectivity index (χ2v) is 3.33. The lowest BCUT2D eigenvalue weighted by atomic mass is 9.90. The molecule has 0 radical (unpaired) electrons. The molecule has 2 aliphatic rings. The molecule has 11 heavy (non-hydrogen) atoms. The maximum atomic E-state index is 8.97.